The van der Waals surface area contributed by atoms with Crippen LogP contribution in [0.25, 0.3) is 0 Å². The van der Waals surface area contributed by atoms with Gasteiger partial charge in [0.25, 0.3) is 0 Å². The van der Waals surface area contributed by atoms with E-state index < -0.39 is 0 Å². The fraction of sp³-hybridized carbons (Fsp3) is 0.875. The van der Waals surface area contributed by atoms with E-state index in [0.717, 1.165) is 39.0 Å². The summed E-state index contributed by atoms with van der Waals surface area (Å²) in [6, 6.07) is 0.138. The Hall–Kier alpha value is -0.680. The lowest BCUT2D eigenvalue weighted by Crippen LogP contribution is -2.54. The molecular weight excluding hydrogens is 282 g/mol. The summed E-state index contributed by atoms with van der Waals surface area (Å²) in [7, 11) is 0. The number of piperazine rings is 1. The first-order valence-electron chi connectivity index (χ1n) is 8.41. The van der Waals surface area contributed by atoms with Crippen LogP contribution in [-0.4, -0.2) is 52.9 Å². The molecule has 1 heterocycles. The van der Waals surface area contributed by atoms with Gasteiger partial charge >= 0.3 is 0 Å². The number of thiocarbonyl (C=S) groups is 1. The summed E-state index contributed by atoms with van der Waals surface area (Å²) in [5, 5.41) is 0. The molecular formula is C16H29N3OS. The Morgan fingerprint density at radius 3 is 2.10 bits per heavy atom. The fourth-order valence-corrected chi connectivity index (χ4v) is 3.62. The summed E-state index contributed by atoms with van der Waals surface area (Å²) in [4.78, 5) is 17.6. The number of carbonyl (C=O) groups excluding carboxylic acids is 1. The van der Waals surface area contributed by atoms with Gasteiger partial charge in [0.2, 0.25) is 5.91 Å². The maximum Gasteiger partial charge on any atom is 0.225 e. The Balaban J connectivity index is 1.83. The number of amides is 1. The van der Waals surface area contributed by atoms with Crippen LogP contribution in [0.5, 0.6) is 0 Å². The van der Waals surface area contributed by atoms with E-state index in [0.29, 0.717) is 10.9 Å². The van der Waals surface area contributed by atoms with Crippen molar-refractivity contribution in [2.24, 2.45) is 11.7 Å². The normalized spacial score (nSPS) is 24.1. The van der Waals surface area contributed by atoms with Gasteiger partial charge in [0.05, 0.1) is 11.0 Å². The maximum atomic E-state index is 12.7. The lowest BCUT2D eigenvalue weighted by molar-refractivity contribution is -0.138. The molecule has 2 aliphatic rings. The van der Waals surface area contributed by atoms with Gasteiger partial charge in [-0.1, -0.05) is 44.3 Å². The van der Waals surface area contributed by atoms with Crippen LogP contribution in [0.1, 0.15) is 51.9 Å². The monoisotopic (exact) mass is 311 g/mol. The zero-order valence-electron chi connectivity index (χ0n) is 13.2. The SMILES string of the molecule is CC(C(N)=S)N1CCN(C(=O)C2CCCCCCC2)CC1. The molecule has 5 heteroatoms. The topological polar surface area (TPSA) is 49.6 Å². The molecule has 2 rings (SSSR count). The molecule has 0 spiro atoms. The van der Waals surface area contributed by atoms with Crippen LogP contribution in [0.4, 0.5) is 0 Å². The molecule has 0 aromatic carbocycles. The first-order valence-corrected chi connectivity index (χ1v) is 8.82. The predicted octanol–water partition coefficient (Wildman–Crippen LogP) is 2.17. The average Bonchev–Trinajstić information content (AvgIpc) is 2.45. The van der Waals surface area contributed by atoms with Crippen molar-refractivity contribution < 1.29 is 4.79 Å². The summed E-state index contributed by atoms with van der Waals surface area (Å²) in [5.41, 5.74) is 5.72. The highest BCUT2D eigenvalue weighted by molar-refractivity contribution is 7.80. The number of hydrogen-bond donors (Lipinski definition) is 1. The molecule has 1 aliphatic carbocycles. The van der Waals surface area contributed by atoms with E-state index in [1.807, 2.05) is 0 Å². The van der Waals surface area contributed by atoms with Crippen LogP contribution in [-0.2, 0) is 4.79 Å². The average molecular weight is 311 g/mol. The van der Waals surface area contributed by atoms with Gasteiger partial charge in [-0.3, -0.25) is 9.69 Å². The predicted molar refractivity (Wildman–Crippen MR) is 90.2 cm³/mol. The standard InChI is InChI=1S/C16H29N3OS/c1-13(15(17)21)18-9-11-19(12-10-18)16(20)14-7-5-3-2-4-6-8-14/h13-14H,2-12H2,1H3,(H2,17,21). The molecule has 2 fully saturated rings. The van der Waals surface area contributed by atoms with Crippen LogP contribution in [0.3, 0.4) is 0 Å². The number of nitrogens with two attached hydrogens (primary N) is 1. The van der Waals surface area contributed by atoms with E-state index in [9.17, 15) is 4.79 Å². The van der Waals surface area contributed by atoms with Gasteiger partial charge in [0.15, 0.2) is 0 Å². The second-order valence-electron chi connectivity index (χ2n) is 6.48. The molecule has 120 valence electrons. The summed E-state index contributed by atoms with van der Waals surface area (Å²) in [6.07, 6.45) is 8.54. The van der Waals surface area contributed by atoms with E-state index in [2.05, 4.69) is 16.7 Å². The number of hydrogen-bond acceptors (Lipinski definition) is 3. The van der Waals surface area contributed by atoms with Crippen molar-refractivity contribution in [3.63, 3.8) is 0 Å². The summed E-state index contributed by atoms with van der Waals surface area (Å²) in [6.45, 7) is 5.47. The third-order valence-corrected chi connectivity index (χ3v) is 5.38. The summed E-state index contributed by atoms with van der Waals surface area (Å²) >= 11 is 5.07. The molecule has 21 heavy (non-hydrogen) atoms. The Morgan fingerprint density at radius 2 is 1.57 bits per heavy atom. The van der Waals surface area contributed by atoms with Crippen molar-refractivity contribution in [3.8, 4) is 0 Å². The maximum absolute atomic E-state index is 12.7. The van der Waals surface area contributed by atoms with Crippen molar-refractivity contribution in [2.75, 3.05) is 26.2 Å². The molecule has 0 aromatic heterocycles. The van der Waals surface area contributed by atoms with Gasteiger partial charge in [-0.05, 0) is 19.8 Å². The molecule has 1 unspecified atom stereocenters. The van der Waals surface area contributed by atoms with Crippen LogP contribution >= 0.6 is 12.2 Å². The Bertz CT molecular complexity index is 359. The smallest absolute Gasteiger partial charge is 0.225 e. The second kappa shape index (κ2) is 8.08. The lowest BCUT2D eigenvalue weighted by Gasteiger charge is -2.39. The molecule has 4 nitrogen and oxygen atoms in total. The van der Waals surface area contributed by atoms with Crippen LogP contribution in [0.15, 0.2) is 0 Å². The van der Waals surface area contributed by atoms with Crippen molar-refractivity contribution in [3.05, 3.63) is 0 Å². The highest BCUT2D eigenvalue weighted by atomic mass is 32.1. The van der Waals surface area contributed by atoms with E-state index in [-0.39, 0.29) is 12.0 Å². The summed E-state index contributed by atoms with van der Waals surface area (Å²) in [5.74, 6) is 0.657. The Kier molecular flexibility index (Phi) is 6.42. The molecule has 1 amide bonds. The highest BCUT2D eigenvalue weighted by Crippen LogP contribution is 2.24. The minimum absolute atomic E-state index is 0.138. The van der Waals surface area contributed by atoms with Gasteiger partial charge in [-0.25, -0.2) is 0 Å². The zero-order valence-corrected chi connectivity index (χ0v) is 14.0. The van der Waals surface area contributed by atoms with Gasteiger partial charge in [0, 0.05) is 32.1 Å². The molecule has 0 bridgehead atoms. The fourth-order valence-electron chi connectivity index (χ4n) is 3.47. The number of carbonyl (C=O) groups is 1. The van der Waals surface area contributed by atoms with Crippen molar-refractivity contribution in [1.82, 2.24) is 9.80 Å². The van der Waals surface area contributed by atoms with Gasteiger partial charge in [-0.2, -0.15) is 0 Å². The Morgan fingerprint density at radius 1 is 1.05 bits per heavy atom. The number of nitrogens with zero attached hydrogens (tertiary/aromatic N) is 2. The molecule has 1 saturated heterocycles. The molecule has 2 N–H and O–H groups in total. The van der Waals surface area contributed by atoms with Gasteiger partial charge in [-0.15, -0.1) is 0 Å². The quantitative estimate of drug-likeness (QED) is 0.812. The molecule has 0 radical (unpaired) electrons. The number of rotatable bonds is 3. The molecule has 1 aliphatic heterocycles. The van der Waals surface area contributed by atoms with Gasteiger partial charge < -0.3 is 10.6 Å². The molecule has 0 aromatic rings. The van der Waals surface area contributed by atoms with Crippen molar-refractivity contribution in [2.45, 2.75) is 57.9 Å². The van der Waals surface area contributed by atoms with Gasteiger partial charge in [0.1, 0.15) is 0 Å². The largest absolute Gasteiger partial charge is 0.392 e. The minimum Gasteiger partial charge on any atom is -0.392 e. The van der Waals surface area contributed by atoms with Crippen molar-refractivity contribution in [1.29, 1.82) is 0 Å². The molecule has 1 saturated carbocycles. The first-order chi connectivity index (χ1) is 10.1. The van der Waals surface area contributed by atoms with Crippen LogP contribution in [0.2, 0.25) is 0 Å². The van der Waals surface area contributed by atoms with E-state index in [1.165, 1.54) is 32.1 Å². The third kappa shape index (κ3) is 4.65. The van der Waals surface area contributed by atoms with E-state index in [1.54, 1.807) is 0 Å². The third-order valence-electron chi connectivity index (χ3n) is 5.04. The first kappa shape index (κ1) is 16.7. The molecule has 1 atom stereocenters. The van der Waals surface area contributed by atoms with Crippen molar-refractivity contribution >= 4 is 23.1 Å². The minimum atomic E-state index is 0.138. The highest BCUT2D eigenvalue weighted by Gasteiger charge is 2.29. The Labute approximate surface area is 134 Å². The lowest BCUT2D eigenvalue weighted by atomic mass is 9.90. The zero-order chi connectivity index (χ0) is 15.2. The summed E-state index contributed by atoms with van der Waals surface area (Å²) < 4.78 is 0. The van der Waals surface area contributed by atoms with E-state index >= 15 is 0 Å². The second-order valence-corrected chi connectivity index (χ2v) is 6.95. The van der Waals surface area contributed by atoms with Crippen LogP contribution in [0, 0.1) is 5.92 Å². The van der Waals surface area contributed by atoms with Crippen LogP contribution < -0.4 is 5.73 Å². The van der Waals surface area contributed by atoms with E-state index in [4.69, 9.17) is 18.0 Å².